The van der Waals surface area contributed by atoms with Gasteiger partial charge in [-0.15, -0.1) is 0 Å². The molecule has 0 fully saturated rings. The van der Waals surface area contributed by atoms with Crippen molar-refractivity contribution in [1.29, 1.82) is 0 Å². The number of phenolic OH excluding ortho intramolecular Hbond substituents is 2. The number of aromatic nitrogens is 1. The van der Waals surface area contributed by atoms with Gasteiger partial charge in [-0.2, -0.15) is 0 Å². The minimum atomic E-state index is -4.82. The lowest BCUT2D eigenvalue weighted by Crippen LogP contribution is -2.45. The molecular weight excluding hydrogens is 407 g/mol. The number of rotatable bonds is 5. The molecule has 7 N–H and O–H groups in total. The van der Waals surface area contributed by atoms with Crippen LogP contribution in [0.1, 0.15) is 34.0 Å². The first-order valence-electron chi connectivity index (χ1n) is 8.39. The van der Waals surface area contributed by atoms with Crippen LogP contribution >= 0.6 is 7.82 Å². The summed E-state index contributed by atoms with van der Waals surface area (Å²) in [7, 11) is -4.82. The lowest BCUT2D eigenvalue weighted by atomic mass is 9.84. The number of nitrogens with zero attached hydrogens (tertiary/aromatic N) is 1. The number of aromatic hydroxyl groups is 3. The highest BCUT2D eigenvalue weighted by Gasteiger charge is 2.35. The van der Waals surface area contributed by atoms with Crippen LogP contribution in [0.2, 0.25) is 0 Å². The Kier molecular flexibility index (Phi) is 5.52. The Hall–Kier alpha value is -2.69. The first-order chi connectivity index (χ1) is 13.5. The van der Waals surface area contributed by atoms with E-state index >= 15 is 0 Å². The normalized spacial score (nSPS) is 19.0. The molecule has 0 aliphatic carbocycles. The van der Waals surface area contributed by atoms with Crippen molar-refractivity contribution in [2.24, 2.45) is 0 Å². The summed E-state index contributed by atoms with van der Waals surface area (Å²) in [6.45, 7) is 0.898. The first-order valence-corrected chi connectivity index (χ1v) is 9.92. The molecule has 0 radical (unpaired) electrons. The monoisotopic (exact) mass is 426 g/mol. The molecule has 3 rings (SSSR count). The average molecular weight is 426 g/mol. The summed E-state index contributed by atoms with van der Waals surface area (Å²) < 4.78 is 15.6. The summed E-state index contributed by atoms with van der Waals surface area (Å²) in [5.74, 6) is -2.36. The number of hydrogen-bond acceptors (Lipinski definition) is 8. The van der Waals surface area contributed by atoms with Gasteiger partial charge in [0.1, 0.15) is 11.8 Å². The van der Waals surface area contributed by atoms with Crippen LogP contribution in [-0.2, 0) is 26.9 Å². The smallest absolute Gasteiger partial charge is 0.469 e. The molecule has 0 saturated heterocycles. The maximum Gasteiger partial charge on any atom is 0.469 e. The number of aliphatic carboxylic acids is 1. The van der Waals surface area contributed by atoms with Gasteiger partial charge in [0.05, 0.1) is 18.3 Å². The number of aryl methyl sites for hydroxylation is 1. The van der Waals surface area contributed by atoms with Gasteiger partial charge in [-0.05, 0) is 36.6 Å². The van der Waals surface area contributed by atoms with Crippen molar-refractivity contribution in [3.8, 4) is 17.2 Å². The number of benzene rings is 1. The predicted molar refractivity (Wildman–Crippen MR) is 97.4 cm³/mol. The van der Waals surface area contributed by atoms with Gasteiger partial charge in [0.15, 0.2) is 11.5 Å². The third-order valence-electron chi connectivity index (χ3n) is 4.67. The molecule has 0 amide bonds. The number of pyridine rings is 1. The van der Waals surface area contributed by atoms with E-state index in [1.807, 2.05) is 0 Å². The van der Waals surface area contributed by atoms with E-state index in [-0.39, 0.29) is 29.0 Å². The highest BCUT2D eigenvalue weighted by atomic mass is 31.2. The zero-order chi connectivity index (χ0) is 21.5. The molecule has 2 heterocycles. The second-order valence-electron chi connectivity index (χ2n) is 6.63. The minimum absolute atomic E-state index is 0.00808. The van der Waals surface area contributed by atoms with Crippen LogP contribution in [0.25, 0.3) is 0 Å². The average Bonchev–Trinajstić information content (AvgIpc) is 2.62. The Bertz CT molecular complexity index is 1020. The fraction of sp³-hybridized carbons (Fsp3) is 0.294. The maximum absolute atomic E-state index is 11.6. The van der Waals surface area contributed by atoms with Crippen molar-refractivity contribution in [2.75, 3.05) is 0 Å². The van der Waals surface area contributed by atoms with Crippen LogP contribution in [0.15, 0.2) is 18.3 Å². The van der Waals surface area contributed by atoms with Crippen molar-refractivity contribution in [3.63, 3.8) is 0 Å². The summed E-state index contributed by atoms with van der Waals surface area (Å²) in [5.41, 5.74) is 1.22. The van der Waals surface area contributed by atoms with Crippen molar-refractivity contribution in [1.82, 2.24) is 10.3 Å². The molecule has 156 valence electrons. The van der Waals surface area contributed by atoms with E-state index in [0.29, 0.717) is 11.1 Å². The van der Waals surface area contributed by atoms with Gasteiger partial charge in [-0.1, -0.05) is 0 Å². The van der Waals surface area contributed by atoms with Gasteiger partial charge in [-0.3, -0.25) is 19.6 Å². The summed E-state index contributed by atoms with van der Waals surface area (Å²) in [6, 6.07) is 0.414. The number of hydrogen-bond donors (Lipinski definition) is 7. The van der Waals surface area contributed by atoms with Crippen LogP contribution < -0.4 is 5.32 Å². The van der Waals surface area contributed by atoms with Crippen LogP contribution in [0.4, 0.5) is 0 Å². The zero-order valence-electron chi connectivity index (χ0n) is 15.1. The number of phenols is 2. The summed E-state index contributed by atoms with van der Waals surface area (Å²) in [4.78, 5) is 33.6. The maximum atomic E-state index is 11.6. The van der Waals surface area contributed by atoms with E-state index in [2.05, 4.69) is 14.8 Å². The van der Waals surface area contributed by atoms with Crippen molar-refractivity contribution < 1.29 is 44.1 Å². The number of nitrogens with one attached hydrogen (secondary N) is 1. The van der Waals surface area contributed by atoms with Crippen LogP contribution in [0.5, 0.6) is 17.2 Å². The van der Waals surface area contributed by atoms with Gasteiger partial charge in [0.25, 0.3) is 0 Å². The Labute approximate surface area is 164 Å². The Morgan fingerprint density at radius 2 is 1.93 bits per heavy atom. The number of carboxylic acids is 1. The second-order valence-corrected chi connectivity index (χ2v) is 7.87. The summed E-state index contributed by atoms with van der Waals surface area (Å²) in [6.07, 6.45) is 1.26. The molecule has 1 aromatic carbocycles. The van der Waals surface area contributed by atoms with Gasteiger partial charge < -0.3 is 30.2 Å². The molecule has 12 heteroatoms. The molecule has 29 heavy (non-hydrogen) atoms. The van der Waals surface area contributed by atoms with Gasteiger partial charge in [0, 0.05) is 17.3 Å². The second kappa shape index (κ2) is 7.62. The topological polar surface area (TPSA) is 190 Å². The fourth-order valence-electron chi connectivity index (χ4n) is 3.29. The van der Waals surface area contributed by atoms with Gasteiger partial charge >= 0.3 is 13.8 Å². The van der Waals surface area contributed by atoms with E-state index in [1.165, 1.54) is 25.3 Å². The zero-order valence-corrected chi connectivity index (χ0v) is 16.0. The lowest BCUT2D eigenvalue weighted by Gasteiger charge is -2.33. The predicted octanol–water partition coefficient (Wildman–Crippen LogP) is 0.804. The number of phosphoric acid groups is 1. The van der Waals surface area contributed by atoms with Crippen molar-refractivity contribution >= 4 is 13.8 Å². The van der Waals surface area contributed by atoms with Crippen LogP contribution in [-0.4, -0.2) is 47.2 Å². The molecule has 0 spiro atoms. The van der Waals surface area contributed by atoms with Crippen LogP contribution in [0, 0.1) is 6.92 Å². The molecule has 11 nitrogen and oxygen atoms in total. The minimum Gasteiger partial charge on any atom is -0.506 e. The highest BCUT2D eigenvalue weighted by Crippen LogP contribution is 2.43. The SMILES string of the molecule is Cc1ncc(COP(=O)(O)O)c([C@@H]2N[C@H](C(=O)O)Cc3cc(O)c(O)cc32)c1O. The number of phosphoric ester groups is 1. The molecule has 0 bridgehead atoms. The lowest BCUT2D eigenvalue weighted by molar-refractivity contribution is -0.139. The Balaban J connectivity index is 2.18. The summed E-state index contributed by atoms with van der Waals surface area (Å²) >= 11 is 0. The molecule has 1 aliphatic heterocycles. The largest absolute Gasteiger partial charge is 0.506 e. The van der Waals surface area contributed by atoms with Crippen molar-refractivity contribution in [2.45, 2.75) is 32.0 Å². The quantitative estimate of drug-likeness (QED) is 0.264. The van der Waals surface area contributed by atoms with E-state index in [1.54, 1.807) is 0 Å². The molecule has 0 unspecified atom stereocenters. The van der Waals surface area contributed by atoms with E-state index < -0.39 is 44.0 Å². The fourth-order valence-corrected chi connectivity index (χ4v) is 3.60. The molecule has 2 aromatic rings. The van der Waals surface area contributed by atoms with E-state index in [4.69, 9.17) is 9.79 Å². The van der Waals surface area contributed by atoms with Crippen LogP contribution in [0.3, 0.4) is 0 Å². The third-order valence-corrected chi connectivity index (χ3v) is 5.14. The number of carbonyl (C=O) groups is 1. The first kappa shape index (κ1) is 21.0. The molecule has 2 atom stereocenters. The Morgan fingerprint density at radius 3 is 2.55 bits per heavy atom. The van der Waals surface area contributed by atoms with E-state index in [9.17, 15) is 29.8 Å². The molecule has 1 aromatic heterocycles. The molecule has 1 aliphatic rings. The van der Waals surface area contributed by atoms with Crippen molar-refractivity contribution in [3.05, 3.63) is 46.3 Å². The standard InChI is InChI=1S/C17H19N2O9P/c1-7-16(22)14(9(5-18-7)6-28-29(25,26)27)15-10-4-13(21)12(20)3-8(10)2-11(19-15)17(23)24/h3-5,11,15,19-22H,2,6H2,1H3,(H,23,24)(H2,25,26,27)/t11-,15+/m0/s1. The number of fused-ring (bicyclic) bond motifs is 1. The van der Waals surface area contributed by atoms with E-state index in [0.717, 1.165) is 0 Å². The third kappa shape index (κ3) is 4.34. The Morgan fingerprint density at radius 1 is 1.28 bits per heavy atom. The molecule has 0 saturated carbocycles. The summed E-state index contributed by atoms with van der Waals surface area (Å²) in [5, 5.41) is 42.7. The highest BCUT2D eigenvalue weighted by molar-refractivity contribution is 7.46. The number of carboxylic acid groups (broad SMARTS) is 1. The van der Waals surface area contributed by atoms with Gasteiger partial charge in [0.2, 0.25) is 0 Å². The van der Waals surface area contributed by atoms with Gasteiger partial charge in [-0.25, -0.2) is 4.57 Å². The molecular formula is C17H19N2O9P.